The molecule has 0 atom stereocenters. The van der Waals surface area contributed by atoms with Crippen molar-refractivity contribution in [1.82, 2.24) is 19.9 Å². The van der Waals surface area contributed by atoms with Crippen molar-refractivity contribution in [2.45, 2.75) is 13.8 Å². The first-order chi connectivity index (χ1) is 7.74. The molecule has 4 nitrogen and oxygen atoms in total. The molecule has 0 aliphatic carbocycles. The fourth-order valence-electron chi connectivity index (χ4n) is 1.69. The summed E-state index contributed by atoms with van der Waals surface area (Å²) in [4.78, 5) is 17.0. The Morgan fingerprint density at radius 3 is 2.31 bits per heavy atom. The highest BCUT2D eigenvalue weighted by molar-refractivity contribution is 5.84. The first kappa shape index (κ1) is 9.15. The predicted molar refractivity (Wildman–Crippen MR) is 62.1 cm³/mol. The predicted octanol–water partition coefficient (Wildman–Crippen LogP) is 2.19. The smallest absolute Gasteiger partial charge is 0.181 e. The van der Waals surface area contributed by atoms with Gasteiger partial charge in [-0.25, -0.2) is 19.9 Å². The molecule has 0 N–H and O–H groups in total. The molecule has 0 saturated heterocycles. The SMILES string of the molecule is Cc1cc2nc3cncnc3nc2cc1C. The van der Waals surface area contributed by atoms with Gasteiger partial charge < -0.3 is 0 Å². The van der Waals surface area contributed by atoms with Gasteiger partial charge >= 0.3 is 0 Å². The molecule has 1 aromatic carbocycles. The van der Waals surface area contributed by atoms with E-state index >= 15 is 0 Å². The van der Waals surface area contributed by atoms with Crippen molar-refractivity contribution in [3.63, 3.8) is 0 Å². The molecule has 78 valence electrons. The lowest BCUT2D eigenvalue weighted by atomic mass is 10.1. The number of aryl methyl sites for hydroxylation is 2. The van der Waals surface area contributed by atoms with Crippen LogP contribution in [0.1, 0.15) is 11.1 Å². The molecule has 0 bridgehead atoms. The Morgan fingerprint density at radius 1 is 0.875 bits per heavy atom. The summed E-state index contributed by atoms with van der Waals surface area (Å²) in [5.41, 5.74) is 5.59. The molecule has 0 unspecified atom stereocenters. The molecule has 0 saturated carbocycles. The van der Waals surface area contributed by atoms with Gasteiger partial charge in [-0.3, -0.25) is 0 Å². The van der Waals surface area contributed by atoms with E-state index in [1.165, 1.54) is 17.5 Å². The molecular weight excluding hydrogens is 200 g/mol. The minimum atomic E-state index is 0.644. The molecule has 3 rings (SSSR count). The summed E-state index contributed by atoms with van der Waals surface area (Å²) < 4.78 is 0. The number of aromatic nitrogens is 4. The van der Waals surface area contributed by atoms with Crippen molar-refractivity contribution in [2.75, 3.05) is 0 Å². The van der Waals surface area contributed by atoms with Crippen LogP contribution in [0.4, 0.5) is 0 Å². The van der Waals surface area contributed by atoms with Gasteiger partial charge in [0.05, 0.1) is 17.2 Å². The normalized spacial score (nSPS) is 11.1. The summed E-state index contributed by atoms with van der Waals surface area (Å²) in [7, 11) is 0. The monoisotopic (exact) mass is 210 g/mol. The van der Waals surface area contributed by atoms with Gasteiger partial charge in [0.2, 0.25) is 0 Å². The van der Waals surface area contributed by atoms with E-state index in [0.29, 0.717) is 5.65 Å². The Hall–Kier alpha value is -2.10. The van der Waals surface area contributed by atoms with E-state index in [-0.39, 0.29) is 0 Å². The second-order valence-electron chi connectivity index (χ2n) is 3.88. The van der Waals surface area contributed by atoms with E-state index in [9.17, 15) is 0 Å². The third-order valence-electron chi connectivity index (χ3n) is 2.73. The van der Waals surface area contributed by atoms with Gasteiger partial charge in [-0.15, -0.1) is 0 Å². The van der Waals surface area contributed by atoms with E-state index in [1.54, 1.807) is 6.20 Å². The third kappa shape index (κ3) is 1.31. The van der Waals surface area contributed by atoms with E-state index in [0.717, 1.165) is 16.6 Å². The fraction of sp³-hybridized carbons (Fsp3) is 0.167. The summed E-state index contributed by atoms with van der Waals surface area (Å²) in [5, 5.41) is 0. The molecule has 3 aromatic rings. The number of fused-ring (bicyclic) bond motifs is 2. The van der Waals surface area contributed by atoms with E-state index < -0.39 is 0 Å². The first-order valence-electron chi connectivity index (χ1n) is 5.09. The summed E-state index contributed by atoms with van der Waals surface area (Å²) in [5.74, 6) is 0. The van der Waals surface area contributed by atoms with Gasteiger partial charge in [0.1, 0.15) is 11.8 Å². The van der Waals surface area contributed by atoms with E-state index in [4.69, 9.17) is 0 Å². The van der Waals surface area contributed by atoms with Crippen molar-refractivity contribution >= 4 is 22.2 Å². The van der Waals surface area contributed by atoms with Crippen molar-refractivity contribution in [1.29, 1.82) is 0 Å². The molecule has 4 heteroatoms. The van der Waals surface area contributed by atoms with Gasteiger partial charge in [0, 0.05) is 0 Å². The molecule has 2 aromatic heterocycles. The molecule has 0 aliphatic rings. The van der Waals surface area contributed by atoms with Crippen LogP contribution < -0.4 is 0 Å². The highest BCUT2D eigenvalue weighted by Gasteiger charge is 2.04. The van der Waals surface area contributed by atoms with E-state index in [1.807, 2.05) is 12.1 Å². The fourth-order valence-corrected chi connectivity index (χ4v) is 1.69. The van der Waals surface area contributed by atoms with Crippen LogP contribution in [0.2, 0.25) is 0 Å². The summed E-state index contributed by atoms with van der Waals surface area (Å²) >= 11 is 0. The lowest BCUT2D eigenvalue weighted by Crippen LogP contribution is -1.92. The maximum atomic E-state index is 4.49. The lowest BCUT2D eigenvalue weighted by molar-refractivity contribution is 1.17. The summed E-state index contributed by atoms with van der Waals surface area (Å²) in [6, 6.07) is 4.09. The highest BCUT2D eigenvalue weighted by atomic mass is 14.9. The van der Waals surface area contributed by atoms with Crippen molar-refractivity contribution in [3.05, 3.63) is 35.8 Å². The highest BCUT2D eigenvalue weighted by Crippen LogP contribution is 2.18. The molecular formula is C12H10N4. The number of nitrogens with zero attached hydrogens (tertiary/aromatic N) is 4. The minimum absolute atomic E-state index is 0.644. The van der Waals surface area contributed by atoms with Crippen LogP contribution >= 0.6 is 0 Å². The lowest BCUT2D eigenvalue weighted by Gasteiger charge is -2.03. The average molecular weight is 210 g/mol. The van der Waals surface area contributed by atoms with Gasteiger partial charge in [-0.2, -0.15) is 0 Å². The van der Waals surface area contributed by atoms with E-state index in [2.05, 4.69) is 33.8 Å². The van der Waals surface area contributed by atoms with Crippen LogP contribution in [0.3, 0.4) is 0 Å². The Balaban J connectivity index is 2.46. The zero-order valence-corrected chi connectivity index (χ0v) is 9.10. The standard InChI is InChI=1S/C12H10N4/c1-7-3-9-10(4-8(7)2)16-12-11(15-9)5-13-6-14-12/h3-6H,1-2H3. The zero-order valence-electron chi connectivity index (χ0n) is 9.10. The second kappa shape index (κ2) is 3.20. The molecule has 0 spiro atoms. The Labute approximate surface area is 92.4 Å². The molecule has 0 amide bonds. The molecule has 16 heavy (non-hydrogen) atoms. The average Bonchev–Trinajstić information content (AvgIpc) is 2.28. The van der Waals surface area contributed by atoms with Crippen LogP contribution in [-0.4, -0.2) is 19.9 Å². The summed E-state index contributed by atoms with van der Waals surface area (Å²) in [6.07, 6.45) is 3.17. The molecule has 0 aliphatic heterocycles. The minimum Gasteiger partial charge on any atom is -0.242 e. The van der Waals surface area contributed by atoms with Gasteiger partial charge in [-0.1, -0.05) is 0 Å². The quantitative estimate of drug-likeness (QED) is 0.534. The molecule has 0 fully saturated rings. The van der Waals surface area contributed by atoms with Crippen molar-refractivity contribution in [2.24, 2.45) is 0 Å². The molecule has 0 radical (unpaired) electrons. The topological polar surface area (TPSA) is 51.6 Å². The number of benzene rings is 1. The second-order valence-corrected chi connectivity index (χ2v) is 3.88. The van der Waals surface area contributed by atoms with Gasteiger partial charge in [0.15, 0.2) is 5.65 Å². The van der Waals surface area contributed by atoms with Crippen LogP contribution in [0.15, 0.2) is 24.7 Å². The maximum absolute atomic E-state index is 4.49. The van der Waals surface area contributed by atoms with Crippen LogP contribution in [0, 0.1) is 13.8 Å². The van der Waals surface area contributed by atoms with Crippen LogP contribution in [-0.2, 0) is 0 Å². The van der Waals surface area contributed by atoms with Crippen LogP contribution in [0.5, 0.6) is 0 Å². The Kier molecular flexibility index (Phi) is 1.83. The van der Waals surface area contributed by atoms with Gasteiger partial charge in [-0.05, 0) is 37.1 Å². The maximum Gasteiger partial charge on any atom is 0.181 e. The Morgan fingerprint density at radius 2 is 1.56 bits per heavy atom. The third-order valence-corrected chi connectivity index (χ3v) is 2.73. The first-order valence-corrected chi connectivity index (χ1v) is 5.09. The van der Waals surface area contributed by atoms with Gasteiger partial charge in [0.25, 0.3) is 0 Å². The molecule has 2 heterocycles. The largest absolute Gasteiger partial charge is 0.242 e. The summed E-state index contributed by atoms with van der Waals surface area (Å²) in [6.45, 7) is 4.14. The van der Waals surface area contributed by atoms with Crippen molar-refractivity contribution < 1.29 is 0 Å². The van der Waals surface area contributed by atoms with Crippen molar-refractivity contribution in [3.8, 4) is 0 Å². The number of hydrogen-bond donors (Lipinski definition) is 0. The van der Waals surface area contributed by atoms with Crippen LogP contribution in [0.25, 0.3) is 22.2 Å². The number of rotatable bonds is 0. The number of hydrogen-bond acceptors (Lipinski definition) is 4. The Bertz CT molecular complexity index is 631. The zero-order chi connectivity index (χ0) is 11.1.